The minimum absolute atomic E-state index is 0.177. The molecule has 2 heterocycles. The first-order valence-electron chi connectivity index (χ1n) is 6.90. The summed E-state index contributed by atoms with van der Waals surface area (Å²) in [5.74, 6) is 0. The number of hydrogen-bond acceptors (Lipinski definition) is 3. The first kappa shape index (κ1) is 14.2. The smallest absolute Gasteiger partial charge is 0.281 e. The van der Waals surface area contributed by atoms with E-state index in [1.165, 1.54) is 17.1 Å². The van der Waals surface area contributed by atoms with E-state index in [0.717, 1.165) is 19.3 Å². The molecule has 0 saturated carbocycles. The molecule has 2 fully saturated rings. The van der Waals surface area contributed by atoms with Gasteiger partial charge >= 0.3 is 0 Å². The second-order valence-electron chi connectivity index (χ2n) is 5.66. The number of fused-ring (bicyclic) bond motifs is 2. The van der Waals surface area contributed by atoms with Crippen LogP contribution in [0.1, 0.15) is 39.0 Å². The normalized spacial score (nSPS) is 32.4. The lowest BCUT2D eigenvalue weighted by molar-refractivity contribution is 0.217. The molecular formula is C12H25N3O2S. The Morgan fingerprint density at radius 2 is 1.72 bits per heavy atom. The largest absolute Gasteiger partial charge is 0.311 e. The van der Waals surface area contributed by atoms with Crippen LogP contribution in [0.4, 0.5) is 0 Å². The summed E-state index contributed by atoms with van der Waals surface area (Å²) in [6, 6.07) is 1.21. The molecule has 1 N–H and O–H groups in total. The van der Waals surface area contributed by atoms with Crippen LogP contribution < -0.4 is 5.32 Å². The van der Waals surface area contributed by atoms with Crippen molar-refractivity contribution < 1.29 is 8.42 Å². The van der Waals surface area contributed by atoms with E-state index in [1.54, 1.807) is 18.4 Å². The minimum Gasteiger partial charge on any atom is -0.311 e. The van der Waals surface area contributed by atoms with Crippen molar-refractivity contribution in [2.75, 3.05) is 20.6 Å². The number of hydrogen-bond donors (Lipinski definition) is 1. The zero-order valence-electron chi connectivity index (χ0n) is 11.6. The van der Waals surface area contributed by atoms with E-state index in [1.807, 2.05) is 6.92 Å². The Kier molecular flexibility index (Phi) is 4.31. The Balaban J connectivity index is 2.15. The van der Waals surface area contributed by atoms with Gasteiger partial charge in [0.05, 0.1) is 0 Å². The Hall–Kier alpha value is -0.170. The standard InChI is InChI=1S/C12H25N3O2S/c1-4-7-15(18(16,17)14(2)3)12-8-10-5-6-11(9-12)13-10/h10-13H,4-9H2,1-3H3. The fourth-order valence-corrected chi connectivity index (χ4v) is 4.56. The fraction of sp³-hybridized carbons (Fsp3) is 1.00. The third-order valence-electron chi connectivity index (χ3n) is 4.06. The van der Waals surface area contributed by atoms with Gasteiger partial charge in [-0.2, -0.15) is 17.0 Å². The second kappa shape index (κ2) is 5.45. The first-order valence-corrected chi connectivity index (χ1v) is 8.30. The molecule has 2 atom stereocenters. The lowest BCUT2D eigenvalue weighted by Gasteiger charge is -2.37. The van der Waals surface area contributed by atoms with Crippen molar-refractivity contribution in [3.63, 3.8) is 0 Å². The van der Waals surface area contributed by atoms with Crippen molar-refractivity contribution in [1.82, 2.24) is 13.9 Å². The zero-order chi connectivity index (χ0) is 13.3. The number of piperidine rings is 1. The topological polar surface area (TPSA) is 52.7 Å². The molecule has 6 heteroatoms. The Morgan fingerprint density at radius 3 is 2.17 bits per heavy atom. The molecule has 0 amide bonds. The van der Waals surface area contributed by atoms with Gasteiger partial charge in [-0.25, -0.2) is 0 Å². The summed E-state index contributed by atoms with van der Waals surface area (Å²) in [7, 11) is -0.0435. The summed E-state index contributed by atoms with van der Waals surface area (Å²) < 4.78 is 27.8. The molecule has 0 aromatic rings. The van der Waals surface area contributed by atoms with Gasteiger partial charge in [-0.1, -0.05) is 6.92 Å². The zero-order valence-corrected chi connectivity index (χ0v) is 12.4. The quantitative estimate of drug-likeness (QED) is 0.807. The van der Waals surface area contributed by atoms with E-state index in [9.17, 15) is 8.42 Å². The van der Waals surface area contributed by atoms with Gasteiger partial charge in [-0.3, -0.25) is 0 Å². The molecule has 5 nitrogen and oxygen atoms in total. The molecule has 0 aliphatic carbocycles. The van der Waals surface area contributed by atoms with Crippen LogP contribution in [0.5, 0.6) is 0 Å². The minimum atomic E-state index is -3.28. The van der Waals surface area contributed by atoms with E-state index in [2.05, 4.69) is 5.32 Å². The second-order valence-corrected chi connectivity index (χ2v) is 7.76. The van der Waals surface area contributed by atoms with E-state index in [4.69, 9.17) is 0 Å². The van der Waals surface area contributed by atoms with Crippen LogP contribution in [0, 0.1) is 0 Å². The molecule has 0 aromatic carbocycles. The highest BCUT2D eigenvalue weighted by atomic mass is 32.2. The Bertz CT molecular complexity index is 371. The lowest BCUT2D eigenvalue weighted by atomic mass is 10.00. The molecule has 2 saturated heterocycles. The van der Waals surface area contributed by atoms with Crippen molar-refractivity contribution >= 4 is 10.2 Å². The third kappa shape index (κ3) is 2.71. The predicted octanol–water partition coefficient (Wildman–Crippen LogP) is 0.788. The number of nitrogens with zero attached hydrogens (tertiary/aromatic N) is 2. The highest BCUT2D eigenvalue weighted by molar-refractivity contribution is 7.86. The van der Waals surface area contributed by atoms with Crippen LogP contribution in [0.3, 0.4) is 0 Å². The molecule has 2 unspecified atom stereocenters. The molecule has 2 aliphatic heterocycles. The van der Waals surface area contributed by atoms with Gasteiger partial charge < -0.3 is 5.32 Å². The van der Waals surface area contributed by atoms with Gasteiger partial charge in [-0.05, 0) is 32.1 Å². The molecule has 106 valence electrons. The van der Waals surface area contributed by atoms with Crippen LogP contribution >= 0.6 is 0 Å². The first-order chi connectivity index (χ1) is 8.45. The molecule has 2 aliphatic rings. The SMILES string of the molecule is CCCN(C1CC2CCC(C1)N2)S(=O)(=O)N(C)C. The highest BCUT2D eigenvalue weighted by Gasteiger charge is 2.40. The third-order valence-corrected chi connectivity index (χ3v) is 6.05. The number of nitrogens with one attached hydrogen (secondary N) is 1. The summed E-state index contributed by atoms with van der Waals surface area (Å²) in [4.78, 5) is 0. The molecular weight excluding hydrogens is 250 g/mol. The average Bonchev–Trinajstić information content (AvgIpc) is 2.64. The van der Waals surface area contributed by atoms with Crippen molar-refractivity contribution in [2.45, 2.75) is 57.2 Å². The molecule has 18 heavy (non-hydrogen) atoms. The van der Waals surface area contributed by atoms with E-state index >= 15 is 0 Å². The monoisotopic (exact) mass is 275 g/mol. The van der Waals surface area contributed by atoms with Crippen molar-refractivity contribution in [3.8, 4) is 0 Å². The van der Waals surface area contributed by atoms with E-state index in [-0.39, 0.29) is 6.04 Å². The van der Waals surface area contributed by atoms with Gasteiger partial charge in [0.1, 0.15) is 0 Å². The van der Waals surface area contributed by atoms with Crippen LogP contribution in [0.25, 0.3) is 0 Å². The summed E-state index contributed by atoms with van der Waals surface area (Å²) in [5.41, 5.74) is 0. The molecule has 0 radical (unpaired) electrons. The average molecular weight is 275 g/mol. The highest BCUT2D eigenvalue weighted by Crippen LogP contribution is 2.31. The van der Waals surface area contributed by atoms with Gasteiger partial charge in [0.25, 0.3) is 10.2 Å². The summed E-state index contributed by atoms with van der Waals surface area (Å²) >= 11 is 0. The maximum atomic E-state index is 12.4. The van der Waals surface area contributed by atoms with Crippen molar-refractivity contribution in [1.29, 1.82) is 0 Å². The van der Waals surface area contributed by atoms with E-state index < -0.39 is 10.2 Å². The molecule has 2 bridgehead atoms. The van der Waals surface area contributed by atoms with Crippen LogP contribution in [-0.4, -0.2) is 55.8 Å². The van der Waals surface area contributed by atoms with Gasteiger partial charge in [0.15, 0.2) is 0 Å². The van der Waals surface area contributed by atoms with Crippen molar-refractivity contribution in [3.05, 3.63) is 0 Å². The van der Waals surface area contributed by atoms with Gasteiger partial charge in [-0.15, -0.1) is 0 Å². The van der Waals surface area contributed by atoms with E-state index in [0.29, 0.717) is 18.6 Å². The van der Waals surface area contributed by atoms with Crippen molar-refractivity contribution in [2.24, 2.45) is 0 Å². The predicted molar refractivity (Wildman–Crippen MR) is 72.6 cm³/mol. The summed E-state index contributed by atoms with van der Waals surface area (Å²) in [6.07, 6.45) is 5.19. The fourth-order valence-electron chi connectivity index (χ4n) is 3.18. The van der Waals surface area contributed by atoms with Gasteiger partial charge in [0, 0.05) is 38.8 Å². The number of rotatable bonds is 5. The maximum Gasteiger partial charge on any atom is 0.281 e. The van der Waals surface area contributed by atoms with Crippen LogP contribution in [-0.2, 0) is 10.2 Å². The summed E-state index contributed by atoms with van der Waals surface area (Å²) in [5, 5.41) is 3.56. The molecule has 0 spiro atoms. The maximum absolute atomic E-state index is 12.4. The van der Waals surface area contributed by atoms with Gasteiger partial charge in [0.2, 0.25) is 0 Å². The van der Waals surface area contributed by atoms with Crippen LogP contribution in [0.15, 0.2) is 0 Å². The summed E-state index contributed by atoms with van der Waals surface area (Å²) in [6.45, 7) is 2.67. The Morgan fingerprint density at radius 1 is 1.17 bits per heavy atom. The molecule has 2 rings (SSSR count). The lowest BCUT2D eigenvalue weighted by Crippen LogP contribution is -2.52. The van der Waals surface area contributed by atoms with Crippen LogP contribution in [0.2, 0.25) is 0 Å². The Labute approximate surface area is 111 Å². The molecule has 0 aromatic heterocycles.